The fraction of sp³-hybridized carbons (Fsp3) is 0.214. The summed E-state index contributed by atoms with van der Waals surface area (Å²) in [5.74, 6) is 0.939. The molecule has 7 heteroatoms. The summed E-state index contributed by atoms with van der Waals surface area (Å²) in [6.45, 7) is 0. The number of ether oxygens (including phenoxy) is 1. The van der Waals surface area contributed by atoms with Crippen LogP contribution in [0.1, 0.15) is 5.69 Å². The Bertz CT molecular complexity index is 746. The molecule has 21 heavy (non-hydrogen) atoms. The summed E-state index contributed by atoms with van der Waals surface area (Å²) in [6.07, 6.45) is 0.983. The molecule has 2 aromatic rings. The van der Waals surface area contributed by atoms with Crippen molar-refractivity contribution in [3.8, 4) is 22.8 Å². The molecule has 0 bridgehead atoms. The second-order valence-electron chi connectivity index (χ2n) is 4.30. The van der Waals surface area contributed by atoms with Crippen LogP contribution in [0.4, 0.5) is 0 Å². The second-order valence-corrected chi connectivity index (χ2v) is 6.14. The van der Waals surface area contributed by atoms with Crippen molar-refractivity contribution in [1.82, 2.24) is 4.98 Å². The first-order valence-electron chi connectivity index (χ1n) is 6.02. The number of halogens is 1. The highest BCUT2D eigenvalue weighted by Gasteiger charge is 2.12. The molecule has 0 spiro atoms. The van der Waals surface area contributed by atoms with E-state index in [2.05, 4.69) is 4.98 Å². The van der Waals surface area contributed by atoms with E-state index in [-0.39, 0.29) is 11.6 Å². The molecule has 0 atom stereocenters. The van der Waals surface area contributed by atoms with E-state index in [4.69, 9.17) is 20.5 Å². The zero-order valence-corrected chi connectivity index (χ0v) is 13.1. The van der Waals surface area contributed by atoms with Gasteiger partial charge in [0.25, 0.3) is 0 Å². The van der Waals surface area contributed by atoms with Crippen molar-refractivity contribution >= 4 is 21.7 Å². The Morgan fingerprint density at radius 1 is 1.24 bits per heavy atom. The molecule has 0 radical (unpaired) electrons. The van der Waals surface area contributed by atoms with Crippen LogP contribution in [0.25, 0.3) is 11.3 Å². The standard InChI is InChI=1S/C14H14ClNO4S/c1-19-14-6-4-3-5-12(14)13-8-11(20-21(2,17)18)7-10(9-15)16-13/h3-8H,9H2,1-2H3. The maximum absolute atomic E-state index is 11.3. The molecule has 0 aliphatic heterocycles. The Labute approximate surface area is 128 Å². The van der Waals surface area contributed by atoms with Gasteiger partial charge in [0.05, 0.1) is 30.6 Å². The number of aromatic nitrogens is 1. The monoisotopic (exact) mass is 327 g/mol. The van der Waals surface area contributed by atoms with Gasteiger partial charge in [-0.2, -0.15) is 8.42 Å². The summed E-state index contributed by atoms with van der Waals surface area (Å²) < 4.78 is 32.7. The molecule has 0 saturated heterocycles. The molecule has 112 valence electrons. The third kappa shape index (κ3) is 4.09. The Balaban J connectivity index is 2.55. The molecule has 0 fully saturated rings. The minimum Gasteiger partial charge on any atom is -0.496 e. The molecule has 0 saturated carbocycles. The van der Waals surface area contributed by atoms with Crippen molar-refractivity contribution in [3.05, 3.63) is 42.1 Å². The van der Waals surface area contributed by atoms with Gasteiger partial charge in [0.15, 0.2) is 0 Å². The fourth-order valence-electron chi connectivity index (χ4n) is 1.85. The Morgan fingerprint density at radius 2 is 1.95 bits per heavy atom. The van der Waals surface area contributed by atoms with E-state index in [0.29, 0.717) is 17.1 Å². The predicted molar refractivity (Wildman–Crippen MR) is 81.3 cm³/mol. The van der Waals surface area contributed by atoms with Crippen molar-refractivity contribution in [2.45, 2.75) is 5.88 Å². The maximum atomic E-state index is 11.3. The minimum atomic E-state index is -3.62. The van der Waals surface area contributed by atoms with Gasteiger partial charge in [0.1, 0.15) is 11.5 Å². The van der Waals surface area contributed by atoms with Gasteiger partial charge in [-0.1, -0.05) is 12.1 Å². The highest BCUT2D eigenvalue weighted by Crippen LogP contribution is 2.31. The highest BCUT2D eigenvalue weighted by molar-refractivity contribution is 7.86. The zero-order valence-electron chi connectivity index (χ0n) is 11.5. The Kier molecular flexibility index (Phi) is 4.69. The lowest BCUT2D eigenvalue weighted by molar-refractivity contribution is 0.416. The quantitative estimate of drug-likeness (QED) is 0.624. The van der Waals surface area contributed by atoms with Crippen molar-refractivity contribution in [1.29, 1.82) is 0 Å². The van der Waals surface area contributed by atoms with Gasteiger partial charge in [0, 0.05) is 17.7 Å². The molecule has 1 aromatic heterocycles. The molecule has 2 rings (SSSR count). The summed E-state index contributed by atoms with van der Waals surface area (Å²) in [5, 5.41) is 0. The summed E-state index contributed by atoms with van der Waals surface area (Å²) in [6, 6.07) is 10.3. The molecular weight excluding hydrogens is 314 g/mol. The number of benzene rings is 1. The van der Waals surface area contributed by atoms with Gasteiger partial charge in [-0.3, -0.25) is 4.98 Å². The average molecular weight is 328 g/mol. The molecule has 1 heterocycles. The van der Waals surface area contributed by atoms with Crippen LogP contribution in [0.2, 0.25) is 0 Å². The Morgan fingerprint density at radius 3 is 2.57 bits per heavy atom. The van der Waals surface area contributed by atoms with Gasteiger partial charge < -0.3 is 8.92 Å². The molecular formula is C14H14ClNO4S. The van der Waals surface area contributed by atoms with Crippen LogP contribution in [0.3, 0.4) is 0 Å². The summed E-state index contributed by atoms with van der Waals surface area (Å²) in [7, 11) is -2.07. The molecule has 5 nitrogen and oxygen atoms in total. The third-order valence-corrected chi connectivity index (χ3v) is 3.39. The lowest BCUT2D eigenvalue weighted by atomic mass is 10.1. The van der Waals surface area contributed by atoms with Gasteiger partial charge in [-0.15, -0.1) is 11.6 Å². The lowest BCUT2D eigenvalue weighted by Crippen LogP contribution is -2.06. The van der Waals surface area contributed by atoms with E-state index >= 15 is 0 Å². The number of nitrogens with zero attached hydrogens (tertiary/aromatic N) is 1. The largest absolute Gasteiger partial charge is 0.496 e. The van der Waals surface area contributed by atoms with Gasteiger partial charge in [-0.25, -0.2) is 0 Å². The van der Waals surface area contributed by atoms with Crippen molar-refractivity contribution < 1.29 is 17.3 Å². The molecule has 0 aliphatic carbocycles. The van der Waals surface area contributed by atoms with Crippen LogP contribution >= 0.6 is 11.6 Å². The second kappa shape index (κ2) is 6.32. The number of hydrogen-bond acceptors (Lipinski definition) is 5. The van der Waals surface area contributed by atoms with E-state index in [1.165, 1.54) is 12.1 Å². The summed E-state index contributed by atoms with van der Waals surface area (Å²) in [4.78, 5) is 4.37. The zero-order chi connectivity index (χ0) is 15.5. The topological polar surface area (TPSA) is 65.5 Å². The first kappa shape index (κ1) is 15.6. The van der Waals surface area contributed by atoms with Crippen LogP contribution in [0.15, 0.2) is 36.4 Å². The lowest BCUT2D eigenvalue weighted by Gasteiger charge is -2.11. The van der Waals surface area contributed by atoms with Crippen molar-refractivity contribution in [2.24, 2.45) is 0 Å². The van der Waals surface area contributed by atoms with Crippen LogP contribution in [0, 0.1) is 0 Å². The number of hydrogen-bond donors (Lipinski definition) is 0. The summed E-state index contributed by atoms with van der Waals surface area (Å²) in [5.41, 5.74) is 1.77. The smallest absolute Gasteiger partial charge is 0.306 e. The SMILES string of the molecule is COc1ccccc1-c1cc(OS(C)(=O)=O)cc(CCl)n1. The first-order valence-corrected chi connectivity index (χ1v) is 8.38. The van der Waals surface area contributed by atoms with Gasteiger partial charge in [-0.05, 0) is 12.1 Å². The minimum absolute atomic E-state index is 0.142. The molecule has 0 N–H and O–H groups in total. The van der Waals surface area contributed by atoms with Gasteiger partial charge >= 0.3 is 10.1 Å². The first-order chi connectivity index (χ1) is 9.93. The van der Waals surface area contributed by atoms with E-state index in [1.807, 2.05) is 18.2 Å². The number of methoxy groups -OCH3 is 1. The van der Waals surface area contributed by atoms with E-state index in [9.17, 15) is 8.42 Å². The van der Waals surface area contributed by atoms with Crippen molar-refractivity contribution in [3.63, 3.8) is 0 Å². The number of para-hydroxylation sites is 1. The number of pyridine rings is 1. The predicted octanol–water partition coefficient (Wildman–Crippen LogP) is 2.83. The van der Waals surface area contributed by atoms with E-state index < -0.39 is 10.1 Å². The molecule has 0 amide bonds. The Hall–Kier alpha value is -1.79. The van der Waals surface area contributed by atoms with Crippen LogP contribution in [0.5, 0.6) is 11.5 Å². The van der Waals surface area contributed by atoms with E-state index in [0.717, 1.165) is 11.8 Å². The molecule has 0 aliphatic rings. The number of rotatable bonds is 5. The van der Waals surface area contributed by atoms with Crippen LogP contribution in [-0.4, -0.2) is 26.8 Å². The van der Waals surface area contributed by atoms with Crippen molar-refractivity contribution in [2.75, 3.05) is 13.4 Å². The fourth-order valence-corrected chi connectivity index (χ4v) is 2.43. The van der Waals surface area contributed by atoms with Gasteiger partial charge in [0.2, 0.25) is 0 Å². The number of alkyl halides is 1. The van der Waals surface area contributed by atoms with Crippen LogP contribution in [-0.2, 0) is 16.0 Å². The molecule has 0 unspecified atom stereocenters. The maximum Gasteiger partial charge on any atom is 0.306 e. The van der Waals surface area contributed by atoms with Crippen LogP contribution < -0.4 is 8.92 Å². The average Bonchev–Trinajstić information content (AvgIpc) is 2.45. The van der Waals surface area contributed by atoms with E-state index in [1.54, 1.807) is 13.2 Å². The normalized spacial score (nSPS) is 11.2. The molecule has 1 aromatic carbocycles. The summed E-state index contributed by atoms with van der Waals surface area (Å²) >= 11 is 5.80. The third-order valence-electron chi connectivity index (χ3n) is 2.62. The highest BCUT2D eigenvalue weighted by atomic mass is 35.5.